The molecule has 1 aromatic rings. The van der Waals surface area contributed by atoms with Crippen LogP contribution in [0, 0.1) is 0 Å². The molecule has 1 aromatic carbocycles. The first-order valence-corrected chi connectivity index (χ1v) is 7.05. The number of methoxy groups -OCH3 is 1. The highest BCUT2D eigenvalue weighted by Gasteiger charge is 2.33. The third kappa shape index (κ3) is 3.78. The van der Waals surface area contributed by atoms with Gasteiger partial charge in [-0.05, 0) is 25.1 Å². The Kier molecular flexibility index (Phi) is 5.17. The van der Waals surface area contributed by atoms with E-state index >= 15 is 0 Å². The van der Waals surface area contributed by atoms with Gasteiger partial charge in [0.05, 0.1) is 17.9 Å². The number of nitrogens with zero attached hydrogens (tertiary/aromatic N) is 1. The Labute approximate surface area is 133 Å². The van der Waals surface area contributed by atoms with Crippen LogP contribution in [0.15, 0.2) is 18.2 Å². The first-order chi connectivity index (χ1) is 10.9. The lowest BCUT2D eigenvalue weighted by Gasteiger charge is -2.32. The summed E-state index contributed by atoms with van der Waals surface area (Å²) in [6.07, 6.45) is -0.793. The van der Waals surface area contributed by atoms with E-state index in [9.17, 15) is 14.4 Å². The van der Waals surface area contributed by atoms with Gasteiger partial charge in [-0.15, -0.1) is 0 Å². The van der Waals surface area contributed by atoms with Gasteiger partial charge in [0.2, 0.25) is 5.91 Å². The highest BCUT2D eigenvalue weighted by molar-refractivity contribution is 6.04. The van der Waals surface area contributed by atoms with Gasteiger partial charge in [0.15, 0.2) is 6.10 Å². The van der Waals surface area contributed by atoms with E-state index in [0.29, 0.717) is 18.8 Å². The van der Waals surface area contributed by atoms with Crippen molar-refractivity contribution >= 4 is 23.5 Å². The van der Waals surface area contributed by atoms with Crippen LogP contribution in [-0.4, -0.2) is 55.8 Å². The van der Waals surface area contributed by atoms with Crippen LogP contribution in [0.1, 0.15) is 17.3 Å². The SMILES string of the molecule is COCCNC(=O)CN1C(=O)C(C)Oc2cc(C(=O)O)ccc21. The van der Waals surface area contributed by atoms with Gasteiger partial charge in [0.1, 0.15) is 12.3 Å². The van der Waals surface area contributed by atoms with Gasteiger partial charge in [-0.25, -0.2) is 4.79 Å². The molecule has 2 N–H and O–H groups in total. The third-order valence-electron chi connectivity index (χ3n) is 3.35. The molecule has 1 aliphatic heterocycles. The fourth-order valence-electron chi connectivity index (χ4n) is 2.20. The number of fused-ring (bicyclic) bond motifs is 1. The maximum absolute atomic E-state index is 12.3. The zero-order valence-electron chi connectivity index (χ0n) is 12.9. The predicted molar refractivity (Wildman–Crippen MR) is 80.7 cm³/mol. The summed E-state index contributed by atoms with van der Waals surface area (Å²) in [5.74, 6) is -1.52. The summed E-state index contributed by atoms with van der Waals surface area (Å²) in [6, 6.07) is 4.17. The molecule has 0 saturated carbocycles. The third-order valence-corrected chi connectivity index (χ3v) is 3.35. The summed E-state index contributed by atoms with van der Waals surface area (Å²) in [5.41, 5.74) is 0.426. The Bertz CT molecular complexity index is 630. The van der Waals surface area contributed by atoms with Gasteiger partial charge in [0, 0.05) is 13.7 Å². The van der Waals surface area contributed by atoms with Crippen molar-refractivity contribution in [3.63, 3.8) is 0 Å². The van der Waals surface area contributed by atoms with Crippen LogP contribution in [0.3, 0.4) is 0 Å². The minimum absolute atomic E-state index is 0.0507. The summed E-state index contributed by atoms with van der Waals surface area (Å²) in [5, 5.41) is 11.7. The van der Waals surface area contributed by atoms with E-state index < -0.39 is 12.1 Å². The van der Waals surface area contributed by atoms with E-state index in [1.165, 1.54) is 30.2 Å². The van der Waals surface area contributed by atoms with Crippen LogP contribution in [-0.2, 0) is 14.3 Å². The van der Waals surface area contributed by atoms with E-state index in [2.05, 4.69) is 5.32 Å². The second-order valence-corrected chi connectivity index (χ2v) is 5.01. The van der Waals surface area contributed by atoms with E-state index in [1.807, 2.05) is 0 Å². The summed E-state index contributed by atoms with van der Waals surface area (Å²) in [6.45, 7) is 2.09. The number of hydrogen-bond acceptors (Lipinski definition) is 5. The number of carboxylic acids is 1. The average molecular weight is 322 g/mol. The summed E-state index contributed by atoms with van der Waals surface area (Å²) < 4.78 is 10.3. The van der Waals surface area contributed by atoms with Gasteiger partial charge in [-0.3, -0.25) is 14.5 Å². The minimum atomic E-state index is -1.09. The molecule has 23 heavy (non-hydrogen) atoms. The number of carbonyl (C=O) groups is 3. The lowest BCUT2D eigenvalue weighted by Crippen LogP contribution is -2.49. The van der Waals surface area contributed by atoms with E-state index in [0.717, 1.165) is 0 Å². The van der Waals surface area contributed by atoms with Crippen molar-refractivity contribution in [2.45, 2.75) is 13.0 Å². The molecule has 2 amide bonds. The molecular formula is C15H18N2O6. The van der Waals surface area contributed by atoms with E-state index in [4.69, 9.17) is 14.6 Å². The Balaban J connectivity index is 2.21. The molecule has 1 unspecified atom stereocenters. The molecule has 0 bridgehead atoms. The molecule has 8 nitrogen and oxygen atoms in total. The highest BCUT2D eigenvalue weighted by Crippen LogP contribution is 2.34. The average Bonchev–Trinajstić information content (AvgIpc) is 2.51. The van der Waals surface area contributed by atoms with Crippen LogP contribution in [0.5, 0.6) is 5.75 Å². The number of carbonyl (C=O) groups excluding carboxylic acids is 2. The van der Waals surface area contributed by atoms with E-state index in [-0.39, 0.29) is 29.7 Å². The Morgan fingerprint density at radius 1 is 1.43 bits per heavy atom. The minimum Gasteiger partial charge on any atom is -0.479 e. The van der Waals surface area contributed by atoms with Crippen molar-refractivity contribution in [1.29, 1.82) is 0 Å². The van der Waals surface area contributed by atoms with Crippen LogP contribution < -0.4 is 15.0 Å². The second kappa shape index (κ2) is 7.10. The molecule has 0 fully saturated rings. The monoisotopic (exact) mass is 322 g/mol. The molecule has 1 atom stereocenters. The van der Waals surface area contributed by atoms with Crippen LogP contribution in [0.4, 0.5) is 5.69 Å². The summed E-state index contributed by atoms with van der Waals surface area (Å²) in [7, 11) is 1.52. The van der Waals surface area contributed by atoms with Crippen molar-refractivity contribution in [3.05, 3.63) is 23.8 Å². The number of nitrogens with one attached hydrogen (secondary N) is 1. The first-order valence-electron chi connectivity index (χ1n) is 7.05. The number of benzene rings is 1. The van der Waals surface area contributed by atoms with Crippen LogP contribution in [0.2, 0.25) is 0 Å². The standard InChI is InChI=1S/C15H18N2O6/c1-9-14(19)17(8-13(18)16-5-6-22-2)11-4-3-10(15(20)21)7-12(11)23-9/h3-4,7,9H,5-6,8H2,1-2H3,(H,16,18)(H,20,21). The van der Waals surface area contributed by atoms with Gasteiger partial charge in [-0.2, -0.15) is 0 Å². The molecule has 2 rings (SSSR count). The van der Waals surface area contributed by atoms with Crippen molar-refractivity contribution < 1.29 is 29.0 Å². The number of aromatic carboxylic acids is 1. The van der Waals surface area contributed by atoms with Crippen molar-refractivity contribution in [2.75, 3.05) is 31.7 Å². The Morgan fingerprint density at radius 2 is 2.17 bits per heavy atom. The number of carboxylic acid groups (broad SMARTS) is 1. The lowest BCUT2D eigenvalue weighted by atomic mass is 10.1. The van der Waals surface area contributed by atoms with Gasteiger partial charge >= 0.3 is 5.97 Å². The fraction of sp³-hybridized carbons (Fsp3) is 0.400. The number of rotatable bonds is 6. The maximum Gasteiger partial charge on any atom is 0.335 e. The highest BCUT2D eigenvalue weighted by atomic mass is 16.5. The Morgan fingerprint density at radius 3 is 2.83 bits per heavy atom. The summed E-state index contributed by atoms with van der Waals surface area (Å²) in [4.78, 5) is 36.5. The normalized spacial score (nSPS) is 16.5. The van der Waals surface area contributed by atoms with Crippen molar-refractivity contribution in [3.8, 4) is 5.75 Å². The van der Waals surface area contributed by atoms with E-state index in [1.54, 1.807) is 6.92 Å². The van der Waals surface area contributed by atoms with Crippen molar-refractivity contribution in [1.82, 2.24) is 5.32 Å². The number of hydrogen-bond donors (Lipinski definition) is 2. The smallest absolute Gasteiger partial charge is 0.335 e. The molecule has 0 aromatic heterocycles. The predicted octanol–water partition coefficient (Wildman–Crippen LogP) is 0.261. The molecule has 0 saturated heterocycles. The van der Waals surface area contributed by atoms with Gasteiger partial charge in [-0.1, -0.05) is 0 Å². The molecule has 1 heterocycles. The maximum atomic E-state index is 12.3. The quantitative estimate of drug-likeness (QED) is 0.728. The largest absolute Gasteiger partial charge is 0.479 e. The molecule has 0 aliphatic carbocycles. The number of amides is 2. The summed E-state index contributed by atoms with van der Waals surface area (Å²) >= 11 is 0. The number of anilines is 1. The van der Waals surface area contributed by atoms with Gasteiger partial charge < -0.3 is 19.9 Å². The molecule has 124 valence electrons. The van der Waals surface area contributed by atoms with Crippen LogP contribution >= 0.6 is 0 Å². The number of ether oxygens (including phenoxy) is 2. The van der Waals surface area contributed by atoms with Crippen molar-refractivity contribution in [2.24, 2.45) is 0 Å². The van der Waals surface area contributed by atoms with Gasteiger partial charge in [0.25, 0.3) is 5.91 Å². The molecule has 0 spiro atoms. The zero-order chi connectivity index (χ0) is 17.0. The molecule has 0 radical (unpaired) electrons. The fourth-order valence-corrected chi connectivity index (χ4v) is 2.20. The topological polar surface area (TPSA) is 105 Å². The molecule has 1 aliphatic rings. The zero-order valence-corrected chi connectivity index (χ0v) is 12.9. The molecular weight excluding hydrogens is 304 g/mol. The first kappa shape index (κ1) is 16.8. The van der Waals surface area contributed by atoms with Crippen LogP contribution in [0.25, 0.3) is 0 Å². The second-order valence-electron chi connectivity index (χ2n) is 5.01. The molecule has 8 heteroatoms. The Hall–Kier alpha value is -2.61. The lowest BCUT2D eigenvalue weighted by molar-refractivity contribution is -0.128.